The summed E-state index contributed by atoms with van der Waals surface area (Å²) in [6, 6.07) is 13.5. The number of rotatable bonds is 5. The number of anilines is 1. The molecule has 0 heterocycles. The van der Waals surface area contributed by atoms with Crippen LogP contribution in [0.5, 0.6) is 0 Å². The summed E-state index contributed by atoms with van der Waals surface area (Å²) in [5.41, 5.74) is 5.90. The Hall–Kier alpha value is -2.64. The van der Waals surface area contributed by atoms with Gasteiger partial charge in [-0.25, -0.2) is 0 Å². The lowest BCUT2D eigenvalue weighted by atomic mass is 10.1. The van der Waals surface area contributed by atoms with Crippen molar-refractivity contribution in [3.05, 3.63) is 64.2 Å². The Morgan fingerprint density at radius 2 is 1.70 bits per heavy atom. The predicted molar refractivity (Wildman–Crippen MR) is 92.1 cm³/mol. The van der Waals surface area contributed by atoms with Gasteiger partial charge in [0.1, 0.15) is 0 Å². The molecule has 2 aromatic rings. The van der Waals surface area contributed by atoms with Crippen LogP contribution in [-0.4, -0.2) is 12.5 Å². The summed E-state index contributed by atoms with van der Waals surface area (Å²) in [7, 11) is 0. The molecule has 0 saturated heterocycles. The third kappa shape index (κ3) is 4.67. The van der Waals surface area contributed by atoms with Crippen LogP contribution in [0.2, 0.25) is 0 Å². The Balaban J connectivity index is 1.87. The highest BCUT2D eigenvalue weighted by Crippen LogP contribution is 2.21. The molecule has 0 radical (unpaired) electrons. The average molecular weight is 307 g/mol. The first-order valence-electron chi connectivity index (χ1n) is 7.57. The molecule has 0 spiro atoms. The minimum absolute atomic E-state index is 0.0614. The van der Waals surface area contributed by atoms with E-state index in [0.717, 1.165) is 22.4 Å². The molecule has 1 amide bonds. The normalized spacial score (nSPS) is 10.2. The van der Waals surface area contributed by atoms with Gasteiger partial charge in [-0.1, -0.05) is 29.8 Å². The number of nitriles is 1. The maximum Gasteiger partial charge on any atom is 0.238 e. The van der Waals surface area contributed by atoms with E-state index in [4.69, 9.17) is 5.26 Å². The molecule has 0 aliphatic rings. The van der Waals surface area contributed by atoms with Crippen molar-refractivity contribution < 1.29 is 4.79 Å². The number of carbonyl (C=O) groups excluding carboxylic acids is 1. The van der Waals surface area contributed by atoms with Gasteiger partial charge in [-0.15, -0.1) is 0 Å². The van der Waals surface area contributed by atoms with Crippen molar-refractivity contribution in [2.24, 2.45) is 0 Å². The Bertz CT molecular complexity index is 719. The van der Waals surface area contributed by atoms with Gasteiger partial charge in [0, 0.05) is 12.2 Å². The number of hydrogen-bond acceptors (Lipinski definition) is 3. The molecule has 0 atom stereocenters. The van der Waals surface area contributed by atoms with E-state index in [9.17, 15) is 4.79 Å². The third-order valence-electron chi connectivity index (χ3n) is 3.64. The third-order valence-corrected chi connectivity index (χ3v) is 3.64. The summed E-state index contributed by atoms with van der Waals surface area (Å²) in [4.78, 5) is 12.1. The summed E-state index contributed by atoms with van der Waals surface area (Å²) in [5.74, 6) is -0.0614. The van der Waals surface area contributed by atoms with Crippen molar-refractivity contribution in [1.29, 1.82) is 5.26 Å². The first-order valence-corrected chi connectivity index (χ1v) is 7.57. The van der Waals surface area contributed by atoms with E-state index in [1.807, 2.05) is 32.9 Å². The van der Waals surface area contributed by atoms with E-state index >= 15 is 0 Å². The lowest BCUT2D eigenvalue weighted by molar-refractivity contribution is -0.115. The molecule has 4 nitrogen and oxygen atoms in total. The molecule has 2 aromatic carbocycles. The highest BCUT2D eigenvalue weighted by Gasteiger charge is 2.08. The topological polar surface area (TPSA) is 64.9 Å². The first kappa shape index (κ1) is 16.7. The second kappa shape index (κ2) is 7.57. The van der Waals surface area contributed by atoms with E-state index in [2.05, 4.69) is 28.8 Å². The van der Waals surface area contributed by atoms with Crippen LogP contribution in [0.3, 0.4) is 0 Å². The second-order valence-electron chi connectivity index (χ2n) is 5.73. The molecule has 0 aromatic heterocycles. The van der Waals surface area contributed by atoms with Gasteiger partial charge in [-0.05, 0) is 49.6 Å². The van der Waals surface area contributed by atoms with Crippen LogP contribution < -0.4 is 10.6 Å². The monoisotopic (exact) mass is 307 g/mol. The Morgan fingerprint density at radius 3 is 2.26 bits per heavy atom. The second-order valence-corrected chi connectivity index (χ2v) is 5.73. The predicted octanol–water partition coefficient (Wildman–Crippen LogP) is 3.21. The number of nitrogens with one attached hydrogen (secondary N) is 2. The molecule has 4 heteroatoms. The summed E-state index contributed by atoms with van der Waals surface area (Å²) in [5, 5.41) is 14.8. The average Bonchev–Trinajstić information content (AvgIpc) is 2.51. The molecular weight excluding hydrogens is 286 g/mol. The Morgan fingerprint density at radius 1 is 1.09 bits per heavy atom. The van der Waals surface area contributed by atoms with E-state index in [0.29, 0.717) is 12.1 Å². The largest absolute Gasteiger partial charge is 0.324 e. The standard InChI is InChI=1S/C19H21N3O/c1-13-8-14(2)19(15(3)9-13)22-18(23)12-21-11-17-6-4-16(10-20)5-7-17/h4-9,21H,11-12H2,1-3H3,(H,22,23). The number of hydrogen-bond donors (Lipinski definition) is 2. The minimum Gasteiger partial charge on any atom is -0.324 e. The summed E-state index contributed by atoms with van der Waals surface area (Å²) in [6.45, 7) is 6.88. The highest BCUT2D eigenvalue weighted by atomic mass is 16.1. The summed E-state index contributed by atoms with van der Waals surface area (Å²) < 4.78 is 0. The van der Waals surface area contributed by atoms with Gasteiger partial charge >= 0.3 is 0 Å². The van der Waals surface area contributed by atoms with Gasteiger partial charge in [0.25, 0.3) is 0 Å². The van der Waals surface area contributed by atoms with Crippen molar-refractivity contribution >= 4 is 11.6 Å². The van der Waals surface area contributed by atoms with E-state index < -0.39 is 0 Å². The molecule has 0 unspecified atom stereocenters. The van der Waals surface area contributed by atoms with Gasteiger partial charge in [0.05, 0.1) is 18.2 Å². The molecule has 0 bridgehead atoms. The van der Waals surface area contributed by atoms with Crippen LogP contribution in [-0.2, 0) is 11.3 Å². The van der Waals surface area contributed by atoms with Crippen molar-refractivity contribution in [3.8, 4) is 6.07 Å². The Labute approximate surface area is 137 Å². The highest BCUT2D eigenvalue weighted by molar-refractivity contribution is 5.93. The first-order chi connectivity index (χ1) is 11.0. The molecule has 0 aliphatic heterocycles. The Kier molecular flexibility index (Phi) is 5.51. The number of benzene rings is 2. The lowest BCUT2D eigenvalue weighted by Gasteiger charge is -2.13. The maximum absolute atomic E-state index is 12.1. The van der Waals surface area contributed by atoms with Crippen molar-refractivity contribution in [3.63, 3.8) is 0 Å². The van der Waals surface area contributed by atoms with Crippen molar-refractivity contribution in [1.82, 2.24) is 5.32 Å². The van der Waals surface area contributed by atoms with Crippen LogP contribution in [0.15, 0.2) is 36.4 Å². The van der Waals surface area contributed by atoms with Crippen LogP contribution in [0, 0.1) is 32.1 Å². The van der Waals surface area contributed by atoms with Crippen LogP contribution in [0.1, 0.15) is 27.8 Å². The fraction of sp³-hybridized carbons (Fsp3) is 0.263. The lowest BCUT2D eigenvalue weighted by Crippen LogP contribution is -2.28. The number of nitrogens with zero attached hydrogens (tertiary/aromatic N) is 1. The quantitative estimate of drug-likeness (QED) is 0.891. The van der Waals surface area contributed by atoms with Crippen molar-refractivity contribution in [2.45, 2.75) is 27.3 Å². The molecule has 0 fully saturated rings. The molecule has 23 heavy (non-hydrogen) atoms. The fourth-order valence-electron chi connectivity index (χ4n) is 2.58. The van der Waals surface area contributed by atoms with E-state index in [1.54, 1.807) is 12.1 Å². The maximum atomic E-state index is 12.1. The summed E-state index contributed by atoms with van der Waals surface area (Å²) in [6.07, 6.45) is 0. The molecule has 0 aliphatic carbocycles. The molecular formula is C19H21N3O. The van der Waals surface area contributed by atoms with Gasteiger partial charge in [0.15, 0.2) is 0 Å². The van der Waals surface area contributed by atoms with E-state index in [-0.39, 0.29) is 12.5 Å². The zero-order valence-electron chi connectivity index (χ0n) is 13.7. The van der Waals surface area contributed by atoms with Gasteiger partial charge in [0.2, 0.25) is 5.91 Å². The van der Waals surface area contributed by atoms with Crippen LogP contribution in [0.25, 0.3) is 0 Å². The zero-order valence-corrected chi connectivity index (χ0v) is 13.7. The molecule has 2 N–H and O–H groups in total. The number of amides is 1. The van der Waals surface area contributed by atoms with Gasteiger partial charge in [-0.2, -0.15) is 5.26 Å². The number of aryl methyl sites for hydroxylation is 3. The molecule has 0 saturated carbocycles. The van der Waals surface area contributed by atoms with Crippen LogP contribution in [0.4, 0.5) is 5.69 Å². The SMILES string of the molecule is Cc1cc(C)c(NC(=O)CNCc2ccc(C#N)cc2)c(C)c1. The zero-order chi connectivity index (χ0) is 16.8. The van der Waals surface area contributed by atoms with Gasteiger partial charge < -0.3 is 10.6 Å². The molecule has 2 rings (SSSR count). The summed E-state index contributed by atoms with van der Waals surface area (Å²) >= 11 is 0. The van der Waals surface area contributed by atoms with E-state index in [1.165, 1.54) is 5.56 Å². The molecule has 118 valence electrons. The van der Waals surface area contributed by atoms with Gasteiger partial charge in [-0.3, -0.25) is 4.79 Å². The number of carbonyl (C=O) groups is 1. The minimum atomic E-state index is -0.0614. The fourth-order valence-corrected chi connectivity index (χ4v) is 2.58. The smallest absolute Gasteiger partial charge is 0.238 e. The van der Waals surface area contributed by atoms with Crippen LogP contribution >= 0.6 is 0 Å². The van der Waals surface area contributed by atoms with Crippen molar-refractivity contribution in [2.75, 3.05) is 11.9 Å².